The molecule has 3 rings (SSSR count). The van der Waals surface area contributed by atoms with Gasteiger partial charge in [0.15, 0.2) is 0 Å². The molecule has 0 radical (unpaired) electrons. The Labute approximate surface area is 244 Å². The Morgan fingerprint density at radius 1 is 0.872 bits per heavy atom. The van der Waals surface area contributed by atoms with Crippen LogP contribution in [-0.2, 0) is 26.2 Å². The highest BCUT2D eigenvalue weighted by atomic mass is 35.5. The van der Waals surface area contributed by atoms with Crippen molar-refractivity contribution < 1.29 is 18.0 Å². The summed E-state index contributed by atoms with van der Waals surface area (Å²) in [6.07, 6.45) is 0. The van der Waals surface area contributed by atoms with E-state index in [9.17, 15) is 18.0 Å². The minimum Gasteiger partial charge on any atom is -0.354 e. The topological polar surface area (TPSA) is 86.8 Å². The van der Waals surface area contributed by atoms with Crippen molar-refractivity contribution in [3.8, 4) is 0 Å². The fourth-order valence-corrected chi connectivity index (χ4v) is 5.74. The van der Waals surface area contributed by atoms with Gasteiger partial charge in [0.2, 0.25) is 11.8 Å². The third-order valence-corrected chi connectivity index (χ3v) is 8.49. The lowest BCUT2D eigenvalue weighted by Crippen LogP contribution is -2.51. The lowest BCUT2D eigenvalue weighted by Gasteiger charge is -2.32. The summed E-state index contributed by atoms with van der Waals surface area (Å²) in [4.78, 5) is 28.2. The summed E-state index contributed by atoms with van der Waals surface area (Å²) in [7, 11) is -4.24. The van der Waals surface area contributed by atoms with E-state index in [1.807, 2.05) is 13.8 Å². The molecule has 2 amide bonds. The number of carbonyl (C=O) groups excluding carboxylic acids is 2. The van der Waals surface area contributed by atoms with E-state index in [2.05, 4.69) is 5.32 Å². The third-order valence-electron chi connectivity index (χ3n) is 5.90. The summed E-state index contributed by atoms with van der Waals surface area (Å²) < 4.78 is 28.5. The highest BCUT2D eigenvalue weighted by Gasteiger charge is 2.33. The number of sulfonamides is 1. The standard InChI is InChI=1S/C28H30Cl3N3O4S/c1-19(2)16-32-28(36)20(3)33(17-21-9-11-22(29)12-10-21)27(35)18-34(26-15-23(30)13-14-25(26)31)39(37,38)24-7-5-4-6-8-24/h4-15,19-20H,16-18H2,1-3H3,(H,32,36)/t20-/m1/s1. The molecule has 0 heterocycles. The first-order valence-corrected chi connectivity index (χ1v) is 14.8. The van der Waals surface area contributed by atoms with Crippen LogP contribution in [0.2, 0.25) is 15.1 Å². The number of hydrogen-bond acceptors (Lipinski definition) is 4. The number of anilines is 1. The van der Waals surface area contributed by atoms with Crippen molar-refractivity contribution in [2.45, 2.75) is 38.3 Å². The van der Waals surface area contributed by atoms with Crippen LogP contribution in [0.15, 0.2) is 77.7 Å². The molecule has 0 aromatic heterocycles. The number of nitrogens with zero attached hydrogens (tertiary/aromatic N) is 2. The number of hydrogen-bond donors (Lipinski definition) is 1. The molecule has 3 aromatic carbocycles. The fourth-order valence-electron chi connectivity index (χ4n) is 3.73. The molecular formula is C28H30Cl3N3O4S. The van der Waals surface area contributed by atoms with Crippen molar-refractivity contribution in [3.63, 3.8) is 0 Å². The van der Waals surface area contributed by atoms with Crippen LogP contribution in [0.3, 0.4) is 0 Å². The van der Waals surface area contributed by atoms with Crippen molar-refractivity contribution in [2.75, 3.05) is 17.4 Å². The third kappa shape index (κ3) is 8.11. The van der Waals surface area contributed by atoms with E-state index >= 15 is 0 Å². The molecule has 0 bridgehead atoms. The molecule has 0 fully saturated rings. The molecule has 1 atom stereocenters. The van der Waals surface area contributed by atoms with E-state index in [0.29, 0.717) is 11.6 Å². The zero-order valence-electron chi connectivity index (χ0n) is 21.8. The summed E-state index contributed by atoms with van der Waals surface area (Å²) in [5.41, 5.74) is 0.763. The monoisotopic (exact) mass is 609 g/mol. The maximum Gasteiger partial charge on any atom is 0.264 e. The van der Waals surface area contributed by atoms with E-state index in [1.54, 1.807) is 49.4 Å². The molecule has 39 heavy (non-hydrogen) atoms. The van der Waals surface area contributed by atoms with Gasteiger partial charge in [-0.05, 0) is 60.9 Å². The van der Waals surface area contributed by atoms with Crippen LogP contribution >= 0.6 is 34.8 Å². The molecule has 0 saturated heterocycles. The second kappa shape index (κ2) is 13.5. The Morgan fingerprint density at radius 3 is 2.10 bits per heavy atom. The van der Waals surface area contributed by atoms with Gasteiger partial charge in [0.25, 0.3) is 10.0 Å². The largest absolute Gasteiger partial charge is 0.354 e. The van der Waals surface area contributed by atoms with E-state index in [-0.39, 0.29) is 39.0 Å². The van der Waals surface area contributed by atoms with Gasteiger partial charge in [0, 0.05) is 23.1 Å². The van der Waals surface area contributed by atoms with Crippen molar-refractivity contribution in [3.05, 3.63) is 93.4 Å². The zero-order valence-corrected chi connectivity index (χ0v) is 24.9. The lowest BCUT2D eigenvalue weighted by atomic mass is 10.1. The number of nitrogens with one attached hydrogen (secondary N) is 1. The van der Waals surface area contributed by atoms with E-state index in [1.165, 1.54) is 35.2 Å². The van der Waals surface area contributed by atoms with E-state index in [0.717, 1.165) is 9.87 Å². The van der Waals surface area contributed by atoms with Crippen LogP contribution < -0.4 is 9.62 Å². The molecule has 7 nitrogen and oxygen atoms in total. The van der Waals surface area contributed by atoms with Crippen LogP contribution in [0.1, 0.15) is 26.3 Å². The first-order chi connectivity index (χ1) is 18.4. The molecular weight excluding hydrogens is 581 g/mol. The quantitative estimate of drug-likeness (QED) is 0.287. The molecule has 0 aliphatic carbocycles. The zero-order chi connectivity index (χ0) is 28.7. The van der Waals surface area contributed by atoms with Crippen molar-refractivity contribution in [2.24, 2.45) is 5.92 Å². The van der Waals surface area contributed by atoms with Crippen molar-refractivity contribution >= 4 is 62.3 Å². The fraction of sp³-hybridized carbons (Fsp3) is 0.286. The van der Waals surface area contributed by atoms with Crippen LogP contribution in [0.5, 0.6) is 0 Å². The van der Waals surface area contributed by atoms with Gasteiger partial charge in [-0.2, -0.15) is 0 Å². The predicted molar refractivity (Wildman–Crippen MR) is 157 cm³/mol. The molecule has 0 aliphatic rings. The molecule has 208 valence electrons. The smallest absolute Gasteiger partial charge is 0.264 e. The SMILES string of the molecule is CC(C)CNC(=O)[C@@H](C)N(Cc1ccc(Cl)cc1)C(=O)CN(c1cc(Cl)ccc1Cl)S(=O)(=O)c1ccccc1. The van der Waals surface area contributed by atoms with Crippen LogP contribution in [0.4, 0.5) is 5.69 Å². The Morgan fingerprint density at radius 2 is 1.49 bits per heavy atom. The molecule has 0 unspecified atom stereocenters. The molecule has 11 heteroatoms. The molecule has 1 N–H and O–H groups in total. The Kier molecular flexibility index (Phi) is 10.7. The maximum absolute atomic E-state index is 13.9. The number of benzene rings is 3. The van der Waals surface area contributed by atoms with Crippen LogP contribution in [0, 0.1) is 5.92 Å². The lowest BCUT2D eigenvalue weighted by molar-refractivity contribution is -0.139. The van der Waals surface area contributed by atoms with E-state index < -0.39 is 28.5 Å². The summed E-state index contributed by atoms with van der Waals surface area (Å²) in [6.45, 7) is 5.39. The number of halogens is 3. The minimum absolute atomic E-state index is 0.0270. The summed E-state index contributed by atoms with van der Waals surface area (Å²) in [5, 5.41) is 3.71. The Balaban J connectivity index is 2.03. The maximum atomic E-state index is 13.9. The van der Waals surface area contributed by atoms with Gasteiger partial charge < -0.3 is 10.2 Å². The van der Waals surface area contributed by atoms with Crippen LogP contribution in [0.25, 0.3) is 0 Å². The number of rotatable bonds is 11. The summed E-state index contributed by atoms with van der Waals surface area (Å²) >= 11 is 18.6. The number of amides is 2. The molecule has 0 saturated carbocycles. The second-order valence-corrected chi connectivity index (χ2v) is 12.5. The normalized spacial score (nSPS) is 12.2. The Bertz CT molecular complexity index is 1400. The van der Waals surface area contributed by atoms with Gasteiger partial charge in [-0.15, -0.1) is 0 Å². The molecule has 0 spiro atoms. The predicted octanol–water partition coefficient (Wildman–Crippen LogP) is 6.03. The van der Waals surface area contributed by atoms with Gasteiger partial charge in [-0.25, -0.2) is 8.42 Å². The summed E-state index contributed by atoms with van der Waals surface area (Å²) in [5.74, 6) is -0.755. The summed E-state index contributed by atoms with van der Waals surface area (Å²) in [6, 6.07) is 18.0. The van der Waals surface area contributed by atoms with Crippen molar-refractivity contribution in [1.82, 2.24) is 10.2 Å². The van der Waals surface area contributed by atoms with Gasteiger partial charge in [0.1, 0.15) is 12.6 Å². The van der Waals surface area contributed by atoms with Gasteiger partial charge in [-0.3, -0.25) is 13.9 Å². The van der Waals surface area contributed by atoms with Gasteiger partial charge >= 0.3 is 0 Å². The molecule has 3 aromatic rings. The number of carbonyl (C=O) groups is 2. The Hall–Kier alpha value is -2.78. The van der Waals surface area contributed by atoms with E-state index in [4.69, 9.17) is 34.8 Å². The minimum atomic E-state index is -4.24. The first-order valence-electron chi connectivity index (χ1n) is 12.2. The first kappa shape index (κ1) is 30.8. The average Bonchev–Trinajstić information content (AvgIpc) is 2.91. The molecule has 0 aliphatic heterocycles. The highest BCUT2D eigenvalue weighted by Crippen LogP contribution is 2.33. The van der Waals surface area contributed by atoms with Gasteiger partial charge in [0.05, 0.1) is 15.6 Å². The van der Waals surface area contributed by atoms with Crippen LogP contribution in [-0.4, -0.2) is 44.3 Å². The highest BCUT2D eigenvalue weighted by molar-refractivity contribution is 7.92. The van der Waals surface area contributed by atoms with Gasteiger partial charge in [-0.1, -0.05) is 79.0 Å². The van der Waals surface area contributed by atoms with Crippen molar-refractivity contribution in [1.29, 1.82) is 0 Å². The second-order valence-electron chi connectivity index (χ2n) is 9.38. The average molecular weight is 611 g/mol.